The summed E-state index contributed by atoms with van der Waals surface area (Å²) in [5, 5.41) is 1.09. The lowest BCUT2D eigenvalue weighted by molar-refractivity contribution is 0.865. The predicted octanol–water partition coefficient (Wildman–Crippen LogP) is 1.96. The fourth-order valence-corrected chi connectivity index (χ4v) is 2.10. The van der Waals surface area contributed by atoms with Crippen molar-refractivity contribution in [2.45, 2.75) is 13.0 Å². The first-order chi connectivity index (χ1) is 5.86. The van der Waals surface area contributed by atoms with Gasteiger partial charge in [0, 0.05) is 11.9 Å². The molecule has 0 bridgehead atoms. The molecule has 1 atom stereocenters. The molecule has 0 N–H and O–H groups in total. The molecule has 3 heteroatoms. The Morgan fingerprint density at radius 3 is 3.00 bits per heavy atom. The SMILES string of the molecule is C[C@@H]1CSC(c2ccccn2)=N1. The van der Waals surface area contributed by atoms with Gasteiger partial charge in [-0.2, -0.15) is 0 Å². The lowest BCUT2D eigenvalue weighted by atomic mass is 10.3. The summed E-state index contributed by atoms with van der Waals surface area (Å²) in [6, 6.07) is 6.37. The van der Waals surface area contributed by atoms with Gasteiger partial charge < -0.3 is 0 Å². The van der Waals surface area contributed by atoms with E-state index in [4.69, 9.17) is 0 Å². The third-order valence-corrected chi connectivity index (χ3v) is 2.92. The Morgan fingerprint density at radius 2 is 2.42 bits per heavy atom. The number of rotatable bonds is 1. The smallest absolute Gasteiger partial charge is 0.117 e. The van der Waals surface area contributed by atoms with Crippen LogP contribution in [0.15, 0.2) is 29.4 Å². The molecule has 0 spiro atoms. The quantitative estimate of drug-likeness (QED) is 0.657. The van der Waals surface area contributed by atoms with E-state index >= 15 is 0 Å². The van der Waals surface area contributed by atoms with Crippen molar-refractivity contribution in [3.05, 3.63) is 30.1 Å². The molecule has 0 saturated carbocycles. The van der Waals surface area contributed by atoms with Crippen molar-refractivity contribution >= 4 is 16.8 Å². The Kier molecular flexibility index (Phi) is 2.13. The third kappa shape index (κ3) is 1.50. The molecule has 1 aromatic heterocycles. The van der Waals surface area contributed by atoms with Gasteiger partial charge in [-0.25, -0.2) is 0 Å². The maximum atomic E-state index is 4.48. The molecule has 0 aromatic carbocycles. The van der Waals surface area contributed by atoms with E-state index in [2.05, 4.69) is 16.9 Å². The van der Waals surface area contributed by atoms with Crippen molar-refractivity contribution in [2.75, 3.05) is 5.75 Å². The molecular formula is C9H10N2S. The molecule has 2 heterocycles. The van der Waals surface area contributed by atoms with Crippen LogP contribution in [0.2, 0.25) is 0 Å². The van der Waals surface area contributed by atoms with E-state index in [1.54, 1.807) is 18.0 Å². The Hall–Kier alpha value is -0.830. The molecule has 1 aliphatic rings. The minimum absolute atomic E-state index is 0.451. The number of nitrogens with zero attached hydrogens (tertiary/aromatic N) is 2. The summed E-state index contributed by atoms with van der Waals surface area (Å²) in [5.41, 5.74) is 1.01. The number of hydrogen-bond donors (Lipinski definition) is 0. The highest BCUT2D eigenvalue weighted by Gasteiger charge is 2.15. The molecule has 0 fully saturated rings. The number of aliphatic imine (C=N–C) groups is 1. The first-order valence-corrected chi connectivity index (χ1v) is 4.97. The van der Waals surface area contributed by atoms with Crippen LogP contribution in [0.25, 0.3) is 0 Å². The van der Waals surface area contributed by atoms with Crippen LogP contribution in [-0.2, 0) is 0 Å². The normalized spacial score (nSPS) is 22.4. The molecule has 2 rings (SSSR count). The van der Waals surface area contributed by atoms with Gasteiger partial charge in [0.1, 0.15) is 5.04 Å². The summed E-state index contributed by atoms with van der Waals surface area (Å²) in [6.45, 7) is 2.13. The van der Waals surface area contributed by atoms with E-state index < -0.39 is 0 Å². The molecule has 2 nitrogen and oxygen atoms in total. The van der Waals surface area contributed by atoms with Crippen LogP contribution < -0.4 is 0 Å². The van der Waals surface area contributed by atoms with Crippen molar-refractivity contribution in [3.8, 4) is 0 Å². The van der Waals surface area contributed by atoms with Gasteiger partial charge in [-0.05, 0) is 19.1 Å². The molecule has 0 radical (unpaired) electrons. The predicted molar refractivity (Wildman–Crippen MR) is 52.7 cm³/mol. The van der Waals surface area contributed by atoms with Gasteiger partial charge in [0.2, 0.25) is 0 Å². The minimum atomic E-state index is 0.451. The summed E-state index contributed by atoms with van der Waals surface area (Å²) in [4.78, 5) is 8.72. The molecule has 1 aromatic rings. The monoisotopic (exact) mass is 178 g/mol. The van der Waals surface area contributed by atoms with Crippen LogP contribution >= 0.6 is 11.8 Å². The summed E-state index contributed by atoms with van der Waals surface area (Å²) in [6.07, 6.45) is 1.81. The van der Waals surface area contributed by atoms with Gasteiger partial charge in [0.05, 0.1) is 11.7 Å². The van der Waals surface area contributed by atoms with Crippen LogP contribution in [0, 0.1) is 0 Å². The van der Waals surface area contributed by atoms with Crippen LogP contribution in [0.4, 0.5) is 0 Å². The second-order valence-corrected chi connectivity index (χ2v) is 3.82. The number of thioether (sulfide) groups is 1. The topological polar surface area (TPSA) is 25.2 Å². The maximum absolute atomic E-state index is 4.48. The fraction of sp³-hybridized carbons (Fsp3) is 0.333. The largest absolute Gasteiger partial charge is 0.272 e. The van der Waals surface area contributed by atoms with E-state index in [0.29, 0.717) is 6.04 Å². The summed E-state index contributed by atoms with van der Waals surface area (Å²) < 4.78 is 0. The molecule has 0 unspecified atom stereocenters. The van der Waals surface area contributed by atoms with Gasteiger partial charge >= 0.3 is 0 Å². The molecule has 12 heavy (non-hydrogen) atoms. The fourth-order valence-electron chi connectivity index (χ4n) is 1.10. The second kappa shape index (κ2) is 3.27. The summed E-state index contributed by atoms with van der Waals surface area (Å²) in [7, 11) is 0. The van der Waals surface area contributed by atoms with E-state index in [1.807, 2.05) is 18.2 Å². The van der Waals surface area contributed by atoms with E-state index in [1.165, 1.54) is 0 Å². The zero-order valence-electron chi connectivity index (χ0n) is 6.90. The van der Waals surface area contributed by atoms with Crippen molar-refractivity contribution in [3.63, 3.8) is 0 Å². The van der Waals surface area contributed by atoms with Crippen LogP contribution in [0.1, 0.15) is 12.6 Å². The van der Waals surface area contributed by atoms with Crippen LogP contribution in [0.5, 0.6) is 0 Å². The number of hydrogen-bond acceptors (Lipinski definition) is 3. The maximum Gasteiger partial charge on any atom is 0.117 e. The molecule has 0 saturated heterocycles. The summed E-state index contributed by atoms with van der Waals surface area (Å²) in [5.74, 6) is 1.09. The molecule has 1 aliphatic heterocycles. The number of aromatic nitrogens is 1. The average molecular weight is 178 g/mol. The lowest BCUT2D eigenvalue weighted by Crippen LogP contribution is -1.95. The highest BCUT2D eigenvalue weighted by atomic mass is 32.2. The Morgan fingerprint density at radius 1 is 1.50 bits per heavy atom. The Bertz CT molecular complexity index is 295. The standard InChI is InChI=1S/C9H10N2S/c1-7-6-12-9(11-7)8-4-2-3-5-10-8/h2-5,7H,6H2,1H3/t7-/m1/s1. The van der Waals surface area contributed by atoms with Gasteiger partial charge in [-0.3, -0.25) is 9.98 Å². The minimum Gasteiger partial charge on any atom is -0.272 e. The van der Waals surface area contributed by atoms with Crippen molar-refractivity contribution in [1.29, 1.82) is 0 Å². The Balaban J connectivity index is 2.27. The van der Waals surface area contributed by atoms with Crippen LogP contribution in [-0.4, -0.2) is 21.8 Å². The van der Waals surface area contributed by atoms with E-state index in [9.17, 15) is 0 Å². The van der Waals surface area contributed by atoms with Crippen molar-refractivity contribution in [1.82, 2.24) is 4.98 Å². The number of pyridine rings is 1. The van der Waals surface area contributed by atoms with E-state index in [-0.39, 0.29) is 0 Å². The summed E-state index contributed by atoms with van der Waals surface area (Å²) >= 11 is 1.79. The van der Waals surface area contributed by atoms with Crippen molar-refractivity contribution < 1.29 is 0 Å². The van der Waals surface area contributed by atoms with Gasteiger partial charge in [-0.1, -0.05) is 6.07 Å². The van der Waals surface area contributed by atoms with Gasteiger partial charge in [0.15, 0.2) is 0 Å². The molecule has 62 valence electrons. The average Bonchev–Trinajstić information content (AvgIpc) is 2.54. The highest BCUT2D eigenvalue weighted by molar-refractivity contribution is 8.14. The molecule has 0 aliphatic carbocycles. The van der Waals surface area contributed by atoms with Crippen molar-refractivity contribution in [2.24, 2.45) is 4.99 Å². The van der Waals surface area contributed by atoms with Gasteiger partial charge in [-0.15, -0.1) is 11.8 Å². The molecule has 0 amide bonds. The first kappa shape index (κ1) is 7.80. The van der Waals surface area contributed by atoms with Gasteiger partial charge in [0.25, 0.3) is 0 Å². The highest BCUT2D eigenvalue weighted by Crippen LogP contribution is 2.21. The zero-order valence-corrected chi connectivity index (χ0v) is 7.71. The second-order valence-electron chi connectivity index (χ2n) is 2.81. The van der Waals surface area contributed by atoms with Crippen LogP contribution in [0.3, 0.4) is 0 Å². The third-order valence-electron chi connectivity index (χ3n) is 1.68. The molecular weight excluding hydrogens is 168 g/mol. The lowest BCUT2D eigenvalue weighted by Gasteiger charge is -1.95. The first-order valence-electron chi connectivity index (χ1n) is 3.98. The zero-order chi connectivity index (χ0) is 8.39. The van der Waals surface area contributed by atoms with E-state index in [0.717, 1.165) is 16.5 Å². The Labute approximate surface area is 76.1 Å².